The van der Waals surface area contributed by atoms with Gasteiger partial charge in [-0.05, 0) is 31.5 Å². The van der Waals surface area contributed by atoms with Gasteiger partial charge in [-0.1, -0.05) is 13.0 Å². The van der Waals surface area contributed by atoms with Crippen molar-refractivity contribution in [2.75, 3.05) is 0 Å². The van der Waals surface area contributed by atoms with E-state index in [1.807, 2.05) is 6.92 Å². The molecule has 0 aliphatic heterocycles. The van der Waals surface area contributed by atoms with Gasteiger partial charge in [-0.15, -0.1) is 10.2 Å². The van der Waals surface area contributed by atoms with Crippen molar-refractivity contribution >= 4 is 5.91 Å². The number of aromatic nitrogens is 2. The second kappa shape index (κ2) is 6.01. The van der Waals surface area contributed by atoms with Crippen molar-refractivity contribution in [3.63, 3.8) is 0 Å². The van der Waals surface area contributed by atoms with E-state index in [9.17, 15) is 9.18 Å². The highest BCUT2D eigenvalue weighted by Gasteiger charge is 2.28. The number of hydrogen-bond acceptors (Lipinski definition) is 5. The first-order valence-corrected chi connectivity index (χ1v) is 6.58. The normalized spacial score (nSPS) is 13.9. The molecular weight excluding hydrogens is 275 g/mol. The maximum Gasteiger partial charge on any atom is 0.247 e. The van der Waals surface area contributed by atoms with E-state index in [0.29, 0.717) is 17.9 Å². The second-order valence-corrected chi connectivity index (χ2v) is 4.91. The largest absolute Gasteiger partial charge is 0.419 e. The quantitative estimate of drug-likeness (QED) is 0.843. The minimum atomic E-state index is -0.840. The van der Waals surface area contributed by atoms with Gasteiger partial charge in [-0.2, -0.15) is 0 Å². The molecule has 21 heavy (non-hydrogen) atoms. The molecule has 0 saturated carbocycles. The number of rotatable bonds is 6. The number of hydrogen-bond donors (Lipinski definition) is 2. The molecule has 1 heterocycles. The van der Waals surface area contributed by atoms with Crippen molar-refractivity contribution in [3.05, 3.63) is 36.0 Å². The number of primary amides is 1. The fourth-order valence-electron chi connectivity index (χ4n) is 1.72. The number of nitrogens with zero attached hydrogens (tertiary/aromatic N) is 2. The molecule has 0 radical (unpaired) electrons. The summed E-state index contributed by atoms with van der Waals surface area (Å²) in [6.45, 7) is 3.76. The van der Waals surface area contributed by atoms with Crippen LogP contribution in [0.2, 0.25) is 0 Å². The predicted octanol–water partition coefficient (Wildman–Crippen LogP) is 1.62. The SMILES string of the molecule is CC[C@@](C)(NCc1nnc(-c2cccc(F)c2)o1)C(N)=O. The molecule has 2 rings (SSSR count). The van der Waals surface area contributed by atoms with Crippen molar-refractivity contribution in [3.8, 4) is 11.5 Å². The Kier molecular flexibility index (Phi) is 4.32. The number of amides is 1. The first-order valence-electron chi connectivity index (χ1n) is 6.58. The van der Waals surface area contributed by atoms with Crippen molar-refractivity contribution < 1.29 is 13.6 Å². The van der Waals surface area contributed by atoms with Gasteiger partial charge < -0.3 is 10.2 Å². The average Bonchev–Trinajstić information content (AvgIpc) is 2.93. The Morgan fingerprint density at radius 1 is 1.48 bits per heavy atom. The van der Waals surface area contributed by atoms with Gasteiger partial charge in [0.05, 0.1) is 12.1 Å². The van der Waals surface area contributed by atoms with Gasteiger partial charge in [0.25, 0.3) is 0 Å². The predicted molar refractivity (Wildman–Crippen MR) is 74.4 cm³/mol. The molecule has 0 aliphatic carbocycles. The topological polar surface area (TPSA) is 94.0 Å². The van der Waals surface area contributed by atoms with Gasteiger partial charge in [0.15, 0.2) is 0 Å². The molecule has 0 aliphatic rings. The maximum atomic E-state index is 13.1. The third kappa shape index (κ3) is 3.43. The zero-order valence-corrected chi connectivity index (χ0v) is 11.9. The van der Waals surface area contributed by atoms with Gasteiger partial charge in [-0.25, -0.2) is 4.39 Å². The van der Waals surface area contributed by atoms with E-state index >= 15 is 0 Å². The number of benzene rings is 1. The van der Waals surface area contributed by atoms with Crippen molar-refractivity contribution in [1.29, 1.82) is 0 Å². The molecule has 6 nitrogen and oxygen atoms in total. The number of nitrogens with one attached hydrogen (secondary N) is 1. The van der Waals surface area contributed by atoms with Crippen molar-refractivity contribution in [2.24, 2.45) is 5.73 Å². The lowest BCUT2D eigenvalue weighted by atomic mass is 9.98. The van der Waals surface area contributed by atoms with Gasteiger partial charge in [0.2, 0.25) is 17.7 Å². The van der Waals surface area contributed by atoms with E-state index in [2.05, 4.69) is 15.5 Å². The van der Waals surface area contributed by atoms with Crippen LogP contribution in [-0.4, -0.2) is 21.6 Å². The Balaban J connectivity index is 2.09. The number of halogens is 1. The summed E-state index contributed by atoms with van der Waals surface area (Å²) in [7, 11) is 0. The molecule has 0 fully saturated rings. The van der Waals surface area contributed by atoms with Crippen LogP contribution in [0.4, 0.5) is 4.39 Å². The Hall–Kier alpha value is -2.28. The molecule has 0 bridgehead atoms. The second-order valence-electron chi connectivity index (χ2n) is 4.91. The minimum absolute atomic E-state index is 0.204. The maximum absolute atomic E-state index is 13.1. The third-order valence-corrected chi connectivity index (χ3v) is 3.42. The summed E-state index contributed by atoms with van der Waals surface area (Å²) >= 11 is 0. The van der Waals surface area contributed by atoms with E-state index < -0.39 is 11.4 Å². The summed E-state index contributed by atoms with van der Waals surface area (Å²) in [6, 6.07) is 5.88. The Bertz CT molecular complexity index is 643. The van der Waals surface area contributed by atoms with Crippen LogP contribution >= 0.6 is 0 Å². The van der Waals surface area contributed by atoms with E-state index in [-0.39, 0.29) is 18.3 Å². The molecule has 112 valence electrons. The summed E-state index contributed by atoms with van der Waals surface area (Å²) in [5.41, 5.74) is 5.01. The van der Waals surface area contributed by atoms with E-state index in [4.69, 9.17) is 10.2 Å². The first kappa shape index (κ1) is 15.1. The van der Waals surface area contributed by atoms with Crippen LogP contribution in [0.1, 0.15) is 26.2 Å². The molecule has 1 atom stereocenters. The summed E-state index contributed by atoms with van der Waals surface area (Å²) in [5, 5.41) is 10.7. The molecule has 0 spiro atoms. The van der Waals surface area contributed by atoms with Crippen LogP contribution in [0.5, 0.6) is 0 Å². The fraction of sp³-hybridized carbons (Fsp3) is 0.357. The standard InChI is InChI=1S/C14H17FN4O2/c1-3-14(2,13(16)20)17-8-11-18-19-12(21-11)9-5-4-6-10(15)7-9/h4-7,17H,3,8H2,1-2H3,(H2,16,20)/t14-/m1/s1. The first-order chi connectivity index (χ1) is 9.94. The molecule has 7 heteroatoms. The Morgan fingerprint density at radius 2 is 2.24 bits per heavy atom. The van der Waals surface area contributed by atoms with E-state index in [1.54, 1.807) is 19.1 Å². The van der Waals surface area contributed by atoms with Crippen molar-refractivity contribution in [1.82, 2.24) is 15.5 Å². The highest BCUT2D eigenvalue weighted by molar-refractivity contribution is 5.84. The molecule has 1 aromatic heterocycles. The lowest BCUT2D eigenvalue weighted by Gasteiger charge is -2.24. The smallest absolute Gasteiger partial charge is 0.247 e. The van der Waals surface area contributed by atoms with Crippen LogP contribution in [0.15, 0.2) is 28.7 Å². The molecule has 2 aromatic rings. The third-order valence-electron chi connectivity index (χ3n) is 3.42. The summed E-state index contributed by atoms with van der Waals surface area (Å²) in [4.78, 5) is 11.4. The fourth-order valence-corrected chi connectivity index (χ4v) is 1.72. The molecular formula is C14H17FN4O2. The van der Waals surface area contributed by atoms with Crippen LogP contribution in [0, 0.1) is 5.82 Å². The van der Waals surface area contributed by atoms with Crippen LogP contribution in [-0.2, 0) is 11.3 Å². The number of nitrogens with two attached hydrogens (primary N) is 1. The Morgan fingerprint density at radius 3 is 2.86 bits per heavy atom. The number of carbonyl (C=O) groups excluding carboxylic acids is 1. The van der Waals surface area contributed by atoms with Gasteiger partial charge in [-0.3, -0.25) is 10.1 Å². The monoisotopic (exact) mass is 292 g/mol. The Labute approximate surface area is 121 Å². The highest BCUT2D eigenvalue weighted by atomic mass is 19.1. The summed E-state index contributed by atoms with van der Waals surface area (Å²) in [6.07, 6.45) is 0.535. The number of carbonyl (C=O) groups is 1. The van der Waals surface area contributed by atoms with Crippen LogP contribution < -0.4 is 11.1 Å². The van der Waals surface area contributed by atoms with Gasteiger partial charge in [0, 0.05) is 5.56 Å². The zero-order chi connectivity index (χ0) is 15.5. The molecule has 1 aromatic carbocycles. The molecule has 0 saturated heterocycles. The van der Waals surface area contributed by atoms with Crippen LogP contribution in [0.3, 0.4) is 0 Å². The van der Waals surface area contributed by atoms with E-state index in [0.717, 1.165) is 0 Å². The molecule has 3 N–H and O–H groups in total. The van der Waals surface area contributed by atoms with Gasteiger partial charge in [0.1, 0.15) is 5.82 Å². The van der Waals surface area contributed by atoms with Crippen LogP contribution in [0.25, 0.3) is 11.5 Å². The highest BCUT2D eigenvalue weighted by Crippen LogP contribution is 2.19. The minimum Gasteiger partial charge on any atom is -0.419 e. The summed E-state index contributed by atoms with van der Waals surface area (Å²) in [5.74, 6) is -0.300. The lowest BCUT2D eigenvalue weighted by Crippen LogP contribution is -2.52. The lowest BCUT2D eigenvalue weighted by molar-refractivity contribution is -0.124. The average molecular weight is 292 g/mol. The van der Waals surface area contributed by atoms with E-state index in [1.165, 1.54) is 12.1 Å². The molecule has 1 amide bonds. The molecule has 0 unspecified atom stereocenters. The van der Waals surface area contributed by atoms with Gasteiger partial charge >= 0.3 is 0 Å². The zero-order valence-electron chi connectivity index (χ0n) is 11.9. The van der Waals surface area contributed by atoms with Crippen molar-refractivity contribution in [2.45, 2.75) is 32.4 Å². The summed E-state index contributed by atoms with van der Waals surface area (Å²) < 4.78 is 18.6.